The summed E-state index contributed by atoms with van der Waals surface area (Å²) in [7, 11) is 0. The van der Waals surface area contributed by atoms with Gasteiger partial charge in [-0.15, -0.1) is 21.5 Å². The molecule has 0 fully saturated rings. The smallest absolute Gasteiger partial charge is 0.230 e. The van der Waals surface area contributed by atoms with Crippen LogP contribution < -0.4 is 4.90 Å². The molecule has 0 bridgehead atoms. The van der Waals surface area contributed by atoms with Gasteiger partial charge in [-0.1, -0.05) is 47.0 Å². The zero-order valence-electron chi connectivity index (χ0n) is 14.8. The minimum Gasteiger partial charge on any atom is -0.274 e. The molecule has 0 radical (unpaired) electrons. The van der Waals surface area contributed by atoms with E-state index in [2.05, 4.69) is 15.2 Å². The van der Waals surface area contributed by atoms with Crippen LogP contribution in [-0.4, -0.2) is 27.3 Å². The molecule has 5 nitrogen and oxygen atoms in total. The number of nitrogens with zero attached hydrogens (tertiary/aromatic N) is 4. The maximum Gasteiger partial charge on any atom is 0.230 e. The molecular formula is C17H18N4OS4. The molecule has 136 valence electrons. The summed E-state index contributed by atoms with van der Waals surface area (Å²) in [6.45, 7) is 5.65. The Balaban J connectivity index is 1.79. The van der Waals surface area contributed by atoms with E-state index in [0.717, 1.165) is 31.2 Å². The molecule has 0 unspecified atom stereocenters. The van der Waals surface area contributed by atoms with E-state index in [-0.39, 0.29) is 5.91 Å². The SMILES string of the molecule is CSc1nnc(SCc2csc(N(C(C)=O)c3cccc(C)c3C)n2)s1. The fraction of sp³-hybridized carbons (Fsp3) is 0.294. The van der Waals surface area contributed by atoms with E-state index < -0.39 is 0 Å². The molecule has 0 saturated carbocycles. The summed E-state index contributed by atoms with van der Waals surface area (Å²) in [5, 5.41) is 11.0. The van der Waals surface area contributed by atoms with Crippen molar-refractivity contribution in [3.8, 4) is 0 Å². The molecule has 0 atom stereocenters. The number of aryl methyl sites for hydroxylation is 1. The number of rotatable bonds is 6. The monoisotopic (exact) mass is 422 g/mol. The lowest BCUT2D eigenvalue weighted by Gasteiger charge is -2.21. The van der Waals surface area contributed by atoms with Crippen LogP contribution in [0.3, 0.4) is 0 Å². The van der Waals surface area contributed by atoms with Crippen LogP contribution in [0.2, 0.25) is 0 Å². The van der Waals surface area contributed by atoms with Gasteiger partial charge in [0.2, 0.25) is 5.91 Å². The summed E-state index contributed by atoms with van der Waals surface area (Å²) >= 11 is 6.28. The summed E-state index contributed by atoms with van der Waals surface area (Å²) in [6.07, 6.45) is 1.99. The minimum atomic E-state index is -0.0408. The number of hydrogen-bond acceptors (Lipinski definition) is 8. The third-order valence-electron chi connectivity index (χ3n) is 3.77. The molecule has 0 saturated heterocycles. The van der Waals surface area contributed by atoms with E-state index in [0.29, 0.717) is 10.9 Å². The Morgan fingerprint density at radius 1 is 1.23 bits per heavy atom. The summed E-state index contributed by atoms with van der Waals surface area (Å²) in [5.41, 5.74) is 4.07. The van der Waals surface area contributed by atoms with Gasteiger partial charge >= 0.3 is 0 Å². The van der Waals surface area contributed by atoms with E-state index in [1.807, 2.05) is 43.7 Å². The molecule has 2 aromatic heterocycles. The maximum atomic E-state index is 12.3. The highest BCUT2D eigenvalue weighted by Crippen LogP contribution is 2.34. The van der Waals surface area contributed by atoms with Crippen LogP contribution in [0.4, 0.5) is 10.8 Å². The molecule has 26 heavy (non-hydrogen) atoms. The summed E-state index contributed by atoms with van der Waals surface area (Å²) in [6, 6.07) is 5.98. The van der Waals surface area contributed by atoms with Crippen LogP contribution in [0.5, 0.6) is 0 Å². The van der Waals surface area contributed by atoms with Crippen molar-refractivity contribution in [3.63, 3.8) is 0 Å². The lowest BCUT2D eigenvalue weighted by Crippen LogP contribution is -2.23. The lowest BCUT2D eigenvalue weighted by molar-refractivity contribution is -0.115. The number of benzene rings is 1. The number of amides is 1. The van der Waals surface area contributed by atoms with Crippen LogP contribution in [0.25, 0.3) is 0 Å². The van der Waals surface area contributed by atoms with Gasteiger partial charge in [-0.05, 0) is 37.3 Å². The van der Waals surface area contributed by atoms with E-state index in [1.54, 1.807) is 46.7 Å². The number of aromatic nitrogens is 3. The first-order valence-electron chi connectivity index (χ1n) is 7.81. The van der Waals surface area contributed by atoms with Gasteiger partial charge in [0.25, 0.3) is 0 Å². The van der Waals surface area contributed by atoms with Crippen LogP contribution >= 0.6 is 46.2 Å². The molecule has 0 aliphatic heterocycles. The van der Waals surface area contributed by atoms with E-state index in [9.17, 15) is 4.79 Å². The molecule has 9 heteroatoms. The fourth-order valence-electron chi connectivity index (χ4n) is 2.32. The predicted octanol–water partition coefficient (Wildman–Crippen LogP) is 5.31. The second-order valence-corrected chi connectivity index (χ2v) is 9.61. The normalized spacial score (nSPS) is 10.9. The molecule has 1 aromatic carbocycles. The number of thioether (sulfide) groups is 2. The average molecular weight is 423 g/mol. The first-order valence-corrected chi connectivity index (χ1v) is 11.7. The van der Waals surface area contributed by atoms with Gasteiger partial charge in [-0.3, -0.25) is 9.69 Å². The number of anilines is 2. The Hall–Kier alpha value is -1.42. The highest BCUT2D eigenvalue weighted by atomic mass is 32.2. The van der Waals surface area contributed by atoms with Crippen molar-refractivity contribution in [1.82, 2.24) is 15.2 Å². The molecule has 0 aliphatic carbocycles. The van der Waals surface area contributed by atoms with Crippen molar-refractivity contribution in [3.05, 3.63) is 40.4 Å². The van der Waals surface area contributed by atoms with Crippen molar-refractivity contribution < 1.29 is 4.79 Å². The molecule has 0 aliphatic rings. The highest BCUT2D eigenvalue weighted by molar-refractivity contribution is 8.02. The zero-order valence-corrected chi connectivity index (χ0v) is 18.1. The van der Waals surface area contributed by atoms with Gasteiger partial charge in [-0.25, -0.2) is 4.98 Å². The van der Waals surface area contributed by atoms with Gasteiger partial charge in [0.15, 0.2) is 13.8 Å². The van der Waals surface area contributed by atoms with Crippen LogP contribution in [0, 0.1) is 13.8 Å². The van der Waals surface area contributed by atoms with E-state index in [4.69, 9.17) is 0 Å². The molecule has 0 N–H and O–H groups in total. The average Bonchev–Trinajstić information content (AvgIpc) is 3.26. The van der Waals surface area contributed by atoms with E-state index >= 15 is 0 Å². The molecule has 0 spiro atoms. The van der Waals surface area contributed by atoms with Gasteiger partial charge in [-0.2, -0.15) is 0 Å². The zero-order chi connectivity index (χ0) is 18.7. The van der Waals surface area contributed by atoms with Gasteiger partial charge in [0.1, 0.15) is 0 Å². The second kappa shape index (κ2) is 8.51. The lowest BCUT2D eigenvalue weighted by atomic mass is 10.1. The Bertz CT molecular complexity index is 921. The van der Waals surface area contributed by atoms with Gasteiger partial charge < -0.3 is 0 Å². The van der Waals surface area contributed by atoms with Crippen molar-refractivity contribution in [2.24, 2.45) is 0 Å². The molecule has 2 heterocycles. The Labute approximate surface area is 169 Å². The van der Waals surface area contributed by atoms with Crippen molar-refractivity contribution in [2.75, 3.05) is 11.2 Å². The topological polar surface area (TPSA) is 59.0 Å². The van der Waals surface area contributed by atoms with Crippen LogP contribution in [-0.2, 0) is 10.5 Å². The van der Waals surface area contributed by atoms with Crippen molar-refractivity contribution in [2.45, 2.75) is 35.2 Å². The summed E-state index contributed by atoms with van der Waals surface area (Å²) in [4.78, 5) is 18.7. The number of carbonyl (C=O) groups is 1. The largest absolute Gasteiger partial charge is 0.274 e. The summed E-state index contributed by atoms with van der Waals surface area (Å²) < 4.78 is 1.89. The quantitative estimate of drug-likeness (QED) is 0.502. The Kier molecular flexibility index (Phi) is 6.33. The maximum absolute atomic E-state index is 12.3. The van der Waals surface area contributed by atoms with Crippen LogP contribution in [0.1, 0.15) is 23.7 Å². The third kappa shape index (κ3) is 4.28. The molecule has 3 rings (SSSR count). The van der Waals surface area contributed by atoms with Gasteiger partial charge in [0, 0.05) is 18.1 Å². The van der Waals surface area contributed by atoms with Crippen LogP contribution in [0.15, 0.2) is 32.3 Å². The number of carbonyl (C=O) groups excluding carboxylic acids is 1. The fourth-order valence-corrected chi connectivity index (χ4v) is 5.64. The van der Waals surface area contributed by atoms with Crippen molar-refractivity contribution >= 4 is 62.9 Å². The van der Waals surface area contributed by atoms with Gasteiger partial charge in [0.05, 0.1) is 11.4 Å². The predicted molar refractivity (Wildman–Crippen MR) is 112 cm³/mol. The number of hydrogen-bond donors (Lipinski definition) is 0. The standard InChI is InChI=1S/C17H18N4OS4/c1-10-6-5-7-14(11(10)2)21(12(3)22)15-18-13(8-24-15)9-25-17-20-19-16(23-4)26-17/h5-8H,9H2,1-4H3. The Morgan fingerprint density at radius 2 is 2.00 bits per heavy atom. The third-order valence-corrected chi connectivity index (χ3v) is 7.71. The first-order chi connectivity index (χ1) is 12.5. The summed E-state index contributed by atoms with van der Waals surface area (Å²) in [5.74, 6) is 0.666. The minimum absolute atomic E-state index is 0.0408. The highest BCUT2D eigenvalue weighted by Gasteiger charge is 2.20. The molecule has 1 amide bonds. The molecule has 3 aromatic rings. The number of thiazole rings is 1. The Morgan fingerprint density at radius 3 is 2.69 bits per heavy atom. The second-order valence-electron chi connectivity index (χ2n) is 5.52. The molecular weight excluding hydrogens is 404 g/mol. The first kappa shape index (κ1) is 19.3. The van der Waals surface area contributed by atoms with E-state index in [1.165, 1.54) is 11.3 Å². The van der Waals surface area contributed by atoms with Crippen molar-refractivity contribution in [1.29, 1.82) is 0 Å².